The first-order valence-corrected chi connectivity index (χ1v) is 4.32. The molecule has 0 radical (unpaired) electrons. The predicted molar refractivity (Wildman–Crippen MR) is 49.5 cm³/mol. The molecule has 0 unspecified atom stereocenters. The van der Waals surface area contributed by atoms with Gasteiger partial charge in [-0.1, -0.05) is 17.7 Å². The molecule has 1 saturated heterocycles. The molecule has 1 aliphatic heterocycles. The van der Waals surface area contributed by atoms with E-state index in [1.54, 1.807) is 6.07 Å². The lowest BCUT2D eigenvalue weighted by molar-refractivity contribution is 0.471. The van der Waals surface area contributed by atoms with Crippen molar-refractivity contribution >= 4 is 17.4 Å². The van der Waals surface area contributed by atoms with Crippen LogP contribution >= 0.6 is 11.6 Å². The second-order valence-electron chi connectivity index (χ2n) is 2.85. The normalized spacial score (nSPS) is 17.1. The van der Waals surface area contributed by atoms with Crippen molar-refractivity contribution in [1.29, 1.82) is 0 Å². The largest absolute Gasteiger partial charge is 0.365 e. The molecule has 12 heavy (non-hydrogen) atoms. The number of nitrogens with zero attached hydrogens (tertiary/aromatic N) is 1. The van der Waals surface area contributed by atoms with E-state index < -0.39 is 0 Å². The molecule has 64 valence electrons. The maximum Gasteiger partial charge on any atom is 0.131 e. The molecule has 0 atom stereocenters. The monoisotopic (exact) mass is 183 g/mol. The number of nitrogens with one attached hydrogen (secondary N) is 2. The molecule has 3 nitrogen and oxygen atoms in total. The van der Waals surface area contributed by atoms with Gasteiger partial charge in [-0.3, -0.25) is 0 Å². The first kappa shape index (κ1) is 7.83. The van der Waals surface area contributed by atoms with Crippen LogP contribution in [0.5, 0.6) is 0 Å². The summed E-state index contributed by atoms with van der Waals surface area (Å²) in [5.41, 5.74) is 0. The van der Waals surface area contributed by atoms with Crippen molar-refractivity contribution in [2.75, 3.05) is 18.4 Å². The summed E-state index contributed by atoms with van der Waals surface area (Å²) in [6.45, 7) is 2.02. The van der Waals surface area contributed by atoms with Crippen molar-refractivity contribution in [1.82, 2.24) is 10.3 Å². The Bertz CT molecular complexity index is 273. The lowest BCUT2D eigenvalue weighted by Gasteiger charge is -2.28. The highest BCUT2D eigenvalue weighted by Gasteiger charge is 2.15. The van der Waals surface area contributed by atoms with Crippen LogP contribution < -0.4 is 10.6 Å². The van der Waals surface area contributed by atoms with Gasteiger partial charge in [0.05, 0.1) is 6.04 Å². The molecule has 2 heterocycles. The van der Waals surface area contributed by atoms with Gasteiger partial charge in [0.2, 0.25) is 0 Å². The molecule has 2 N–H and O–H groups in total. The fraction of sp³-hybridized carbons (Fsp3) is 0.375. The van der Waals surface area contributed by atoms with Crippen molar-refractivity contribution in [2.45, 2.75) is 6.04 Å². The molecule has 0 aliphatic carbocycles. The summed E-state index contributed by atoms with van der Waals surface area (Å²) in [6.07, 6.45) is 0. The van der Waals surface area contributed by atoms with Gasteiger partial charge in [-0.15, -0.1) is 0 Å². The Labute approximate surface area is 76.1 Å². The van der Waals surface area contributed by atoms with E-state index in [1.807, 2.05) is 12.1 Å². The quantitative estimate of drug-likeness (QED) is 0.675. The zero-order valence-corrected chi connectivity index (χ0v) is 7.30. The first-order valence-electron chi connectivity index (χ1n) is 3.94. The molecular weight excluding hydrogens is 174 g/mol. The van der Waals surface area contributed by atoms with Crippen LogP contribution in [-0.2, 0) is 0 Å². The van der Waals surface area contributed by atoms with Gasteiger partial charge >= 0.3 is 0 Å². The summed E-state index contributed by atoms with van der Waals surface area (Å²) in [4.78, 5) is 4.12. The summed E-state index contributed by atoms with van der Waals surface area (Å²) in [6, 6.07) is 6.09. The number of halogens is 1. The van der Waals surface area contributed by atoms with Gasteiger partial charge in [-0.2, -0.15) is 0 Å². The SMILES string of the molecule is Clc1cccc(NC2CNC2)n1. The zero-order valence-electron chi connectivity index (χ0n) is 6.55. The van der Waals surface area contributed by atoms with Crippen molar-refractivity contribution in [3.63, 3.8) is 0 Å². The number of hydrogen-bond donors (Lipinski definition) is 2. The zero-order chi connectivity index (χ0) is 8.39. The molecule has 1 aromatic rings. The fourth-order valence-electron chi connectivity index (χ4n) is 1.09. The number of aromatic nitrogens is 1. The average Bonchev–Trinajstić information content (AvgIpc) is 1.97. The minimum absolute atomic E-state index is 0.510. The number of pyridine rings is 1. The number of hydrogen-bond acceptors (Lipinski definition) is 3. The van der Waals surface area contributed by atoms with E-state index >= 15 is 0 Å². The maximum absolute atomic E-state index is 5.72. The van der Waals surface area contributed by atoms with Crippen molar-refractivity contribution in [3.05, 3.63) is 23.4 Å². The second kappa shape index (κ2) is 3.29. The van der Waals surface area contributed by atoms with Gasteiger partial charge in [0.25, 0.3) is 0 Å². The van der Waals surface area contributed by atoms with Crippen LogP contribution in [-0.4, -0.2) is 24.1 Å². The molecule has 1 aliphatic rings. The van der Waals surface area contributed by atoms with E-state index in [1.165, 1.54) is 0 Å². The molecule has 0 amide bonds. The Morgan fingerprint density at radius 3 is 2.92 bits per heavy atom. The van der Waals surface area contributed by atoms with Crippen LogP contribution in [0, 0.1) is 0 Å². The highest BCUT2D eigenvalue weighted by atomic mass is 35.5. The second-order valence-corrected chi connectivity index (χ2v) is 3.23. The maximum atomic E-state index is 5.72. The first-order chi connectivity index (χ1) is 5.84. The van der Waals surface area contributed by atoms with Gasteiger partial charge in [0, 0.05) is 13.1 Å². The van der Waals surface area contributed by atoms with Gasteiger partial charge in [-0.25, -0.2) is 4.98 Å². The van der Waals surface area contributed by atoms with Gasteiger partial charge in [0.1, 0.15) is 11.0 Å². The van der Waals surface area contributed by atoms with Gasteiger partial charge < -0.3 is 10.6 Å². The van der Waals surface area contributed by atoms with E-state index in [2.05, 4.69) is 15.6 Å². The molecule has 1 fully saturated rings. The van der Waals surface area contributed by atoms with Crippen molar-refractivity contribution < 1.29 is 0 Å². The highest BCUT2D eigenvalue weighted by Crippen LogP contribution is 2.11. The lowest BCUT2D eigenvalue weighted by atomic mass is 10.2. The fourth-order valence-corrected chi connectivity index (χ4v) is 1.25. The van der Waals surface area contributed by atoms with Crippen LogP contribution in [0.4, 0.5) is 5.82 Å². The van der Waals surface area contributed by atoms with E-state index in [9.17, 15) is 0 Å². The van der Waals surface area contributed by atoms with E-state index in [-0.39, 0.29) is 0 Å². The Balaban J connectivity index is 2.02. The average molecular weight is 184 g/mol. The Morgan fingerprint density at radius 1 is 1.50 bits per heavy atom. The van der Waals surface area contributed by atoms with Crippen LogP contribution in [0.2, 0.25) is 5.15 Å². The van der Waals surface area contributed by atoms with E-state index in [0.717, 1.165) is 18.9 Å². The third-order valence-electron chi connectivity index (χ3n) is 1.85. The molecule has 2 rings (SSSR count). The van der Waals surface area contributed by atoms with Crippen LogP contribution in [0.3, 0.4) is 0 Å². The minimum Gasteiger partial charge on any atom is -0.365 e. The molecule has 1 aromatic heterocycles. The Morgan fingerprint density at radius 2 is 2.33 bits per heavy atom. The summed E-state index contributed by atoms with van der Waals surface area (Å²) in [5, 5.41) is 6.97. The third kappa shape index (κ3) is 1.68. The third-order valence-corrected chi connectivity index (χ3v) is 2.06. The van der Waals surface area contributed by atoms with E-state index in [0.29, 0.717) is 11.2 Å². The summed E-state index contributed by atoms with van der Waals surface area (Å²) < 4.78 is 0. The predicted octanol–water partition coefficient (Wildman–Crippen LogP) is 1.12. The molecule has 4 heteroatoms. The van der Waals surface area contributed by atoms with Crippen molar-refractivity contribution in [3.8, 4) is 0 Å². The topological polar surface area (TPSA) is 37.0 Å². The lowest BCUT2D eigenvalue weighted by Crippen LogP contribution is -2.51. The smallest absolute Gasteiger partial charge is 0.131 e. The summed E-state index contributed by atoms with van der Waals surface area (Å²) in [5.74, 6) is 0.856. The van der Waals surface area contributed by atoms with Gasteiger partial charge in [0.15, 0.2) is 0 Å². The number of rotatable bonds is 2. The molecule has 0 aromatic carbocycles. The van der Waals surface area contributed by atoms with Crippen LogP contribution in [0.15, 0.2) is 18.2 Å². The molecule has 0 saturated carbocycles. The Hall–Kier alpha value is -0.800. The number of anilines is 1. The van der Waals surface area contributed by atoms with Crippen LogP contribution in [0.25, 0.3) is 0 Å². The minimum atomic E-state index is 0.510. The van der Waals surface area contributed by atoms with Crippen molar-refractivity contribution in [2.24, 2.45) is 0 Å². The molecule has 0 spiro atoms. The standard InChI is InChI=1S/C8H10ClN3/c9-7-2-1-3-8(12-7)11-6-4-10-5-6/h1-3,6,10H,4-5H2,(H,11,12). The van der Waals surface area contributed by atoms with E-state index in [4.69, 9.17) is 11.6 Å². The molecule has 0 bridgehead atoms. The summed E-state index contributed by atoms with van der Waals surface area (Å²) >= 11 is 5.72. The van der Waals surface area contributed by atoms with Gasteiger partial charge in [-0.05, 0) is 12.1 Å². The van der Waals surface area contributed by atoms with Crippen LogP contribution in [0.1, 0.15) is 0 Å². The molecular formula is C8H10ClN3. The summed E-state index contributed by atoms with van der Waals surface area (Å²) in [7, 11) is 0. The highest BCUT2D eigenvalue weighted by molar-refractivity contribution is 6.29. The Kier molecular flexibility index (Phi) is 2.15.